The third kappa shape index (κ3) is 4.91. The molecule has 12 heavy (non-hydrogen) atoms. The van der Waals surface area contributed by atoms with Crippen molar-refractivity contribution in [2.24, 2.45) is 5.73 Å². The van der Waals surface area contributed by atoms with Gasteiger partial charge in [0.2, 0.25) is 0 Å². The minimum Gasteiger partial charge on any atom is -0.462 e. The van der Waals surface area contributed by atoms with E-state index in [1.165, 1.54) is 0 Å². The summed E-state index contributed by atoms with van der Waals surface area (Å²) in [4.78, 5) is 10.9. The van der Waals surface area contributed by atoms with Crippen molar-refractivity contribution in [3.05, 3.63) is 12.2 Å². The minimum atomic E-state index is -0.335. The number of hydrogen-bond donors (Lipinski definition) is 1. The van der Waals surface area contributed by atoms with Crippen molar-refractivity contribution in [1.29, 1.82) is 0 Å². The molecule has 70 valence electrons. The third-order valence-electron chi connectivity index (χ3n) is 1.59. The molecule has 0 radical (unpaired) electrons. The van der Waals surface area contributed by atoms with Crippen LogP contribution in [0.4, 0.5) is 0 Å². The number of carbonyl (C=O) groups is 1. The fourth-order valence-corrected chi connectivity index (χ4v) is 0.630. The van der Waals surface area contributed by atoms with Gasteiger partial charge < -0.3 is 10.5 Å². The van der Waals surface area contributed by atoms with E-state index in [1.807, 2.05) is 6.92 Å². The highest BCUT2D eigenvalue weighted by Crippen LogP contribution is 1.97. The van der Waals surface area contributed by atoms with Gasteiger partial charge in [0.25, 0.3) is 0 Å². The second kappa shape index (κ2) is 5.77. The van der Waals surface area contributed by atoms with Crippen LogP contribution in [0.25, 0.3) is 0 Å². The van der Waals surface area contributed by atoms with Crippen LogP contribution in [0, 0.1) is 0 Å². The van der Waals surface area contributed by atoms with E-state index in [2.05, 4.69) is 6.58 Å². The SMILES string of the molecule is C=C(C)C(=O)OCCC(N)CC. The van der Waals surface area contributed by atoms with Gasteiger partial charge in [-0.05, 0) is 19.8 Å². The lowest BCUT2D eigenvalue weighted by Gasteiger charge is -2.08. The van der Waals surface area contributed by atoms with Gasteiger partial charge in [0.1, 0.15) is 0 Å². The minimum absolute atomic E-state index is 0.128. The molecular formula is C9H17NO2. The summed E-state index contributed by atoms with van der Waals surface area (Å²) in [6.45, 7) is 7.49. The fraction of sp³-hybridized carbons (Fsp3) is 0.667. The zero-order chi connectivity index (χ0) is 9.56. The van der Waals surface area contributed by atoms with E-state index in [4.69, 9.17) is 10.5 Å². The normalized spacial score (nSPS) is 12.2. The summed E-state index contributed by atoms with van der Waals surface area (Å²) in [5.74, 6) is -0.335. The van der Waals surface area contributed by atoms with Gasteiger partial charge in [0.15, 0.2) is 0 Å². The Kier molecular flexibility index (Phi) is 5.37. The van der Waals surface area contributed by atoms with Crippen molar-refractivity contribution in [1.82, 2.24) is 0 Å². The molecule has 0 bridgehead atoms. The molecule has 0 aromatic heterocycles. The highest BCUT2D eigenvalue weighted by molar-refractivity contribution is 5.86. The lowest BCUT2D eigenvalue weighted by atomic mass is 10.2. The maximum atomic E-state index is 10.9. The quantitative estimate of drug-likeness (QED) is 0.500. The molecule has 2 N–H and O–H groups in total. The fourth-order valence-electron chi connectivity index (χ4n) is 0.630. The average molecular weight is 171 g/mol. The molecule has 1 atom stereocenters. The van der Waals surface area contributed by atoms with Crippen molar-refractivity contribution in [3.63, 3.8) is 0 Å². The van der Waals surface area contributed by atoms with Crippen LogP contribution in [0.15, 0.2) is 12.2 Å². The molecule has 0 saturated heterocycles. The molecule has 0 fully saturated rings. The number of carbonyl (C=O) groups excluding carboxylic acids is 1. The average Bonchev–Trinajstić information content (AvgIpc) is 2.03. The van der Waals surface area contributed by atoms with Gasteiger partial charge in [-0.15, -0.1) is 0 Å². The second-order valence-electron chi connectivity index (χ2n) is 2.87. The topological polar surface area (TPSA) is 52.3 Å². The van der Waals surface area contributed by atoms with E-state index >= 15 is 0 Å². The molecule has 3 nitrogen and oxygen atoms in total. The number of ether oxygens (including phenoxy) is 1. The lowest BCUT2D eigenvalue weighted by Crippen LogP contribution is -2.21. The van der Waals surface area contributed by atoms with E-state index < -0.39 is 0 Å². The van der Waals surface area contributed by atoms with E-state index in [1.54, 1.807) is 6.92 Å². The zero-order valence-electron chi connectivity index (χ0n) is 7.80. The largest absolute Gasteiger partial charge is 0.462 e. The van der Waals surface area contributed by atoms with Gasteiger partial charge in [-0.3, -0.25) is 0 Å². The first-order valence-corrected chi connectivity index (χ1v) is 4.16. The van der Waals surface area contributed by atoms with Crippen molar-refractivity contribution in [2.45, 2.75) is 32.7 Å². The van der Waals surface area contributed by atoms with Crippen LogP contribution in [0.3, 0.4) is 0 Å². The molecule has 0 aliphatic carbocycles. The van der Waals surface area contributed by atoms with E-state index in [0.29, 0.717) is 12.2 Å². The summed E-state index contributed by atoms with van der Waals surface area (Å²) in [6.07, 6.45) is 1.63. The van der Waals surface area contributed by atoms with Crippen LogP contribution in [-0.2, 0) is 9.53 Å². The number of rotatable bonds is 5. The molecule has 3 heteroatoms. The molecule has 0 aliphatic rings. The predicted octanol–water partition coefficient (Wildman–Crippen LogP) is 1.23. The monoisotopic (exact) mass is 171 g/mol. The first-order valence-electron chi connectivity index (χ1n) is 4.16. The molecule has 0 rings (SSSR count). The standard InChI is InChI=1S/C9H17NO2/c1-4-8(10)5-6-12-9(11)7(2)3/h8H,2,4-6,10H2,1,3H3. The van der Waals surface area contributed by atoms with Crippen LogP contribution in [-0.4, -0.2) is 18.6 Å². The van der Waals surface area contributed by atoms with Crippen molar-refractivity contribution in [3.8, 4) is 0 Å². The van der Waals surface area contributed by atoms with Crippen LogP contribution >= 0.6 is 0 Å². The van der Waals surface area contributed by atoms with Crippen LogP contribution in [0.2, 0.25) is 0 Å². The summed E-state index contributed by atoms with van der Waals surface area (Å²) in [5.41, 5.74) is 6.05. The van der Waals surface area contributed by atoms with Gasteiger partial charge >= 0.3 is 5.97 Å². The molecule has 0 aromatic rings. The Morgan fingerprint density at radius 3 is 2.67 bits per heavy atom. The predicted molar refractivity (Wildman–Crippen MR) is 48.7 cm³/mol. The smallest absolute Gasteiger partial charge is 0.333 e. The maximum Gasteiger partial charge on any atom is 0.333 e. The summed E-state index contributed by atoms with van der Waals surface area (Å²) in [6, 6.07) is 0.128. The van der Waals surface area contributed by atoms with Crippen molar-refractivity contribution in [2.75, 3.05) is 6.61 Å². The van der Waals surface area contributed by atoms with Gasteiger partial charge in [0.05, 0.1) is 6.61 Å². The van der Waals surface area contributed by atoms with Crippen LogP contribution < -0.4 is 5.73 Å². The number of esters is 1. The Morgan fingerprint density at radius 2 is 2.25 bits per heavy atom. The first kappa shape index (κ1) is 11.2. The summed E-state index contributed by atoms with van der Waals surface area (Å²) >= 11 is 0. The summed E-state index contributed by atoms with van der Waals surface area (Å²) < 4.78 is 4.86. The highest BCUT2D eigenvalue weighted by Gasteiger charge is 2.04. The van der Waals surface area contributed by atoms with Crippen LogP contribution in [0.5, 0.6) is 0 Å². The lowest BCUT2D eigenvalue weighted by molar-refractivity contribution is -0.139. The molecule has 0 heterocycles. The Morgan fingerprint density at radius 1 is 1.67 bits per heavy atom. The molecule has 0 saturated carbocycles. The van der Waals surface area contributed by atoms with Gasteiger partial charge in [0, 0.05) is 11.6 Å². The van der Waals surface area contributed by atoms with Crippen molar-refractivity contribution < 1.29 is 9.53 Å². The molecule has 0 aliphatic heterocycles. The Labute approximate surface area is 73.6 Å². The molecule has 0 spiro atoms. The second-order valence-corrected chi connectivity index (χ2v) is 2.87. The maximum absolute atomic E-state index is 10.9. The molecular weight excluding hydrogens is 154 g/mol. The number of hydrogen-bond acceptors (Lipinski definition) is 3. The van der Waals surface area contributed by atoms with Crippen LogP contribution in [0.1, 0.15) is 26.7 Å². The Hall–Kier alpha value is -0.830. The Bertz CT molecular complexity index is 166. The van der Waals surface area contributed by atoms with E-state index in [-0.39, 0.29) is 12.0 Å². The molecule has 0 aromatic carbocycles. The van der Waals surface area contributed by atoms with Crippen molar-refractivity contribution >= 4 is 5.97 Å². The van der Waals surface area contributed by atoms with E-state index in [0.717, 1.165) is 12.8 Å². The summed E-state index contributed by atoms with van der Waals surface area (Å²) in [7, 11) is 0. The first-order chi connectivity index (χ1) is 5.57. The summed E-state index contributed by atoms with van der Waals surface area (Å²) in [5, 5.41) is 0. The molecule has 0 amide bonds. The zero-order valence-corrected chi connectivity index (χ0v) is 7.80. The number of nitrogens with two attached hydrogens (primary N) is 1. The van der Waals surface area contributed by atoms with E-state index in [9.17, 15) is 4.79 Å². The third-order valence-corrected chi connectivity index (χ3v) is 1.59. The highest BCUT2D eigenvalue weighted by atomic mass is 16.5. The molecule has 1 unspecified atom stereocenters. The van der Waals surface area contributed by atoms with Gasteiger partial charge in [-0.1, -0.05) is 13.5 Å². The Balaban J connectivity index is 3.44. The van der Waals surface area contributed by atoms with Gasteiger partial charge in [-0.2, -0.15) is 0 Å². The van der Waals surface area contributed by atoms with Gasteiger partial charge in [-0.25, -0.2) is 4.79 Å².